The number of rotatable bonds is 3. The number of hydrogen-bond donors (Lipinski definition) is 1. The van der Waals surface area contributed by atoms with Gasteiger partial charge in [-0.1, -0.05) is 49.1 Å². The molecule has 0 saturated carbocycles. The smallest absolute Gasteiger partial charge is 0.265 e. The highest BCUT2D eigenvalue weighted by molar-refractivity contribution is 8.26. The van der Waals surface area contributed by atoms with E-state index in [9.17, 15) is 9.59 Å². The summed E-state index contributed by atoms with van der Waals surface area (Å²) in [6.45, 7) is 2.62. The summed E-state index contributed by atoms with van der Waals surface area (Å²) in [5.74, 6) is -0.613. The summed E-state index contributed by atoms with van der Waals surface area (Å²) in [6, 6.07) is 7.54. The molecule has 0 radical (unpaired) electrons. The molecule has 0 spiro atoms. The summed E-state index contributed by atoms with van der Waals surface area (Å²) in [5.41, 5.74) is 1.72. The zero-order valence-electron chi connectivity index (χ0n) is 11.5. The third-order valence-electron chi connectivity index (χ3n) is 3.48. The molecule has 2 aliphatic heterocycles. The molecule has 4 nitrogen and oxygen atoms in total. The number of carbonyl (C=O) groups is 2. The van der Waals surface area contributed by atoms with Gasteiger partial charge < -0.3 is 5.32 Å². The first-order valence-corrected chi connectivity index (χ1v) is 7.99. The number of fused-ring (bicyclic) bond motifs is 1. The molecule has 21 heavy (non-hydrogen) atoms. The van der Waals surface area contributed by atoms with Crippen molar-refractivity contribution < 1.29 is 9.59 Å². The van der Waals surface area contributed by atoms with Crippen molar-refractivity contribution in [1.82, 2.24) is 4.90 Å². The standard InChI is InChI=1S/C15H14N2O2S2/c1-2-7-17-14(19)12(21-15(17)20)8-10-9-5-3-4-6-11(9)16-13(10)18/h3-6,8,10H,2,7H2,1H3,(H,16,18). The Morgan fingerprint density at radius 3 is 2.90 bits per heavy atom. The molecule has 0 bridgehead atoms. The normalized spacial score (nSPS) is 22.9. The molecule has 1 saturated heterocycles. The first-order valence-electron chi connectivity index (χ1n) is 6.77. The molecular weight excluding hydrogens is 304 g/mol. The molecule has 1 aromatic rings. The minimum atomic E-state index is -0.419. The van der Waals surface area contributed by atoms with Crippen molar-refractivity contribution in [3.05, 3.63) is 40.8 Å². The van der Waals surface area contributed by atoms with Crippen LogP contribution >= 0.6 is 24.0 Å². The van der Waals surface area contributed by atoms with Gasteiger partial charge in [0.05, 0.1) is 10.8 Å². The molecule has 3 rings (SSSR count). The lowest BCUT2D eigenvalue weighted by Crippen LogP contribution is -2.28. The molecular formula is C15H14N2O2S2. The summed E-state index contributed by atoms with van der Waals surface area (Å²) in [5, 5.41) is 2.83. The van der Waals surface area contributed by atoms with Crippen molar-refractivity contribution in [2.75, 3.05) is 11.9 Å². The zero-order valence-corrected chi connectivity index (χ0v) is 13.1. The minimum Gasteiger partial charge on any atom is -0.325 e. The highest BCUT2D eigenvalue weighted by Crippen LogP contribution is 2.38. The lowest BCUT2D eigenvalue weighted by atomic mass is 10.0. The van der Waals surface area contributed by atoms with Crippen molar-refractivity contribution in [1.29, 1.82) is 0 Å². The lowest BCUT2D eigenvalue weighted by Gasteiger charge is -2.12. The molecule has 1 aromatic carbocycles. The van der Waals surface area contributed by atoms with Crippen molar-refractivity contribution >= 4 is 45.8 Å². The summed E-state index contributed by atoms with van der Waals surface area (Å²) in [7, 11) is 0. The SMILES string of the molecule is CCCN1C(=O)C(=CC2C(=O)Nc3ccccc32)SC1=S. The molecule has 0 aliphatic carbocycles. The molecule has 1 N–H and O–H groups in total. The van der Waals surface area contributed by atoms with Gasteiger partial charge >= 0.3 is 0 Å². The fraction of sp³-hybridized carbons (Fsp3) is 0.267. The molecule has 1 atom stereocenters. The topological polar surface area (TPSA) is 49.4 Å². The number of nitrogens with zero attached hydrogens (tertiary/aromatic N) is 1. The molecule has 1 unspecified atom stereocenters. The van der Waals surface area contributed by atoms with Crippen LogP contribution in [0.25, 0.3) is 0 Å². The van der Waals surface area contributed by atoms with Crippen LogP contribution in [0.2, 0.25) is 0 Å². The Kier molecular flexibility index (Phi) is 3.82. The Morgan fingerprint density at radius 1 is 1.38 bits per heavy atom. The van der Waals surface area contributed by atoms with E-state index < -0.39 is 5.92 Å². The highest BCUT2D eigenvalue weighted by atomic mass is 32.2. The van der Waals surface area contributed by atoms with Gasteiger partial charge in [-0.25, -0.2) is 0 Å². The van der Waals surface area contributed by atoms with Crippen LogP contribution in [0.3, 0.4) is 0 Å². The minimum absolute atomic E-state index is 0.0935. The number of para-hydroxylation sites is 1. The summed E-state index contributed by atoms with van der Waals surface area (Å²) in [6.07, 6.45) is 2.59. The maximum absolute atomic E-state index is 12.3. The lowest BCUT2D eigenvalue weighted by molar-refractivity contribution is -0.122. The van der Waals surface area contributed by atoms with E-state index in [0.717, 1.165) is 17.7 Å². The van der Waals surface area contributed by atoms with Gasteiger partial charge in [-0.15, -0.1) is 0 Å². The first kappa shape index (κ1) is 14.3. The molecule has 2 heterocycles. The second-order valence-electron chi connectivity index (χ2n) is 4.91. The zero-order chi connectivity index (χ0) is 15.0. The third kappa shape index (κ3) is 2.49. The summed E-state index contributed by atoms with van der Waals surface area (Å²) >= 11 is 6.51. The quantitative estimate of drug-likeness (QED) is 0.688. The molecule has 0 aromatic heterocycles. The average molecular weight is 318 g/mol. The Labute approximate surface area is 132 Å². The molecule has 2 aliphatic rings. The van der Waals surface area contributed by atoms with E-state index in [-0.39, 0.29) is 11.8 Å². The van der Waals surface area contributed by atoms with E-state index in [1.165, 1.54) is 11.8 Å². The van der Waals surface area contributed by atoms with Crippen LogP contribution in [0.4, 0.5) is 5.69 Å². The second kappa shape index (κ2) is 5.61. The number of benzene rings is 1. The number of hydrogen-bond acceptors (Lipinski definition) is 4. The molecule has 108 valence electrons. The van der Waals surface area contributed by atoms with Gasteiger partial charge in [0.15, 0.2) is 0 Å². The summed E-state index contributed by atoms with van der Waals surface area (Å²) in [4.78, 5) is 26.6. The fourth-order valence-electron chi connectivity index (χ4n) is 2.48. The van der Waals surface area contributed by atoms with Crippen LogP contribution < -0.4 is 5.32 Å². The van der Waals surface area contributed by atoms with Crippen molar-refractivity contribution in [3.8, 4) is 0 Å². The fourth-order valence-corrected chi connectivity index (χ4v) is 3.80. The van der Waals surface area contributed by atoms with Crippen molar-refractivity contribution in [2.24, 2.45) is 0 Å². The second-order valence-corrected chi connectivity index (χ2v) is 6.59. The van der Waals surface area contributed by atoms with Crippen LogP contribution in [0.15, 0.2) is 35.2 Å². The van der Waals surface area contributed by atoms with Crippen LogP contribution in [-0.4, -0.2) is 27.6 Å². The third-order valence-corrected chi connectivity index (χ3v) is 4.87. The van der Waals surface area contributed by atoms with Gasteiger partial charge in [0.1, 0.15) is 4.32 Å². The van der Waals surface area contributed by atoms with E-state index in [4.69, 9.17) is 12.2 Å². The maximum atomic E-state index is 12.3. The number of carbonyl (C=O) groups excluding carboxylic acids is 2. The van der Waals surface area contributed by atoms with Crippen LogP contribution in [-0.2, 0) is 9.59 Å². The van der Waals surface area contributed by atoms with E-state index in [1.54, 1.807) is 11.0 Å². The van der Waals surface area contributed by atoms with E-state index in [2.05, 4.69) is 5.32 Å². The van der Waals surface area contributed by atoms with Crippen LogP contribution in [0.1, 0.15) is 24.8 Å². The predicted octanol–water partition coefficient (Wildman–Crippen LogP) is 2.88. The molecule has 6 heteroatoms. The van der Waals surface area contributed by atoms with Gasteiger partial charge in [-0.2, -0.15) is 0 Å². The Bertz CT molecular complexity index is 669. The maximum Gasteiger partial charge on any atom is 0.265 e. The van der Waals surface area contributed by atoms with E-state index >= 15 is 0 Å². The predicted molar refractivity (Wildman–Crippen MR) is 88.1 cm³/mol. The van der Waals surface area contributed by atoms with Gasteiger partial charge in [0.2, 0.25) is 5.91 Å². The Morgan fingerprint density at radius 2 is 2.14 bits per heavy atom. The molecule has 1 fully saturated rings. The molecule has 2 amide bonds. The number of anilines is 1. The van der Waals surface area contributed by atoms with Crippen LogP contribution in [0.5, 0.6) is 0 Å². The number of nitrogens with one attached hydrogen (secondary N) is 1. The van der Waals surface area contributed by atoms with E-state index in [0.29, 0.717) is 15.8 Å². The van der Waals surface area contributed by atoms with Crippen molar-refractivity contribution in [2.45, 2.75) is 19.3 Å². The van der Waals surface area contributed by atoms with E-state index in [1.807, 2.05) is 31.2 Å². The summed E-state index contributed by atoms with van der Waals surface area (Å²) < 4.78 is 0.569. The number of thiocarbonyl (C=S) groups is 1. The highest BCUT2D eigenvalue weighted by Gasteiger charge is 2.35. The number of amides is 2. The average Bonchev–Trinajstić information content (AvgIpc) is 2.92. The monoisotopic (exact) mass is 318 g/mol. The Balaban J connectivity index is 1.91. The number of thioether (sulfide) groups is 1. The Hall–Kier alpha value is -1.66. The van der Waals surface area contributed by atoms with Crippen LogP contribution in [0, 0.1) is 0 Å². The largest absolute Gasteiger partial charge is 0.325 e. The first-order chi connectivity index (χ1) is 10.1. The van der Waals surface area contributed by atoms with Gasteiger partial charge in [-0.3, -0.25) is 14.5 Å². The van der Waals surface area contributed by atoms with Crippen molar-refractivity contribution in [3.63, 3.8) is 0 Å². The van der Waals surface area contributed by atoms with Gasteiger partial charge in [-0.05, 0) is 24.1 Å². The van der Waals surface area contributed by atoms with Gasteiger partial charge in [0, 0.05) is 12.2 Å². The van der Waals surface area contributed by atoms with Gasteiger partial charge in [0.25, 0.3) is 5.91 Å².